The highest BCUT2D eigenvalue weighted by atomic mass is 16.6. The summed E-state index contributed by atoms with van der Waals surface area (Å²) in [5.74, 6) is -1.24. The average Bonchev–Trinajstić information content (AvgIpc) is 3.71. The van der Waals surface area contributed by atoms with Crippen LogP contribution in [0.4, 0.5) is 10.6 Å². The summed E-state index contributed by atoms with van der Waals surface area (Å²) in [5.41, 5.74) is 4.81. The largest absolute Gasteiger partial charge is 0.387 e. The molecule has 4 atom stereocenters. The maximum atomic E-state index is 13.6. The smallest absolute Gasteiger partial charge is 0.314 e. The molecule has 0 bridgehead atoms. The number of benzene rings is 2. The van der Waals surface area contributed by atoms with Crippen molar-refractivity contribution in [2.24, 2.45) is 0 Å². The zero-order valence-electron chi connectivity index (χ0n) is 33.2. The summed E-state index contributed by atoms with van der Waals surface area (Å²) in [6.45, 7) is 16.4. The number of nitrogens with zero attached hydrogens (tertiary/aromatic N) is 5. The zero-order chi connectivity index (χ0) is 40.5. The molecule has 5 rings (SSSR count). The number of urea groups is 1. The third kappa shape index (κ3) is 10.2. The van der Waals surface area contributed by atoms with E-state index in [0.29, 0.717) is 38.3 Å². The molecule has 0 saturated carbocycles. The van der Waals surface area contributed by atoms with Crippen molar-refractivity contribution < 1.29 is 29.3 Å². The number of ether oxygens (including phenoxy) is 1. The van der Waals surface area contributed by atoms with Gasteiger partial charge in [0, 0.05) is 57.3 Å². The SMILES string of the molecule is CCNC(=O)[C@H]1O[C@@H](n2cnc3c(NCC(c4cccc(C)c4)c4cccc(C)c4)nc(C(=O)NCCNC(=O)NCCN(C(C)C)C(C)C)nc32)[C@H](O)[C@@H]1O. The van der Waals surface area contributed by atoms with Crippen LogP contribution in [-0.2, 0) is 9.53 Å². The lowest BCUT2D eigenvalue weighted by molar-refractivity contribution is -0.137. The predicted molar refractivity (Wildman–Crippen MR) is 213 cm³/mol. The van der Waals surface area contributed by atoms with E-state index in [1.807, 2.05) is 38.1 Å². The summed E-state index contributed by atoms with van der Waals surface area (Å²) in [6, 6.07) is 16.9. The molecule has 1 aliphatic heterocycles. The quantitative estimate of drug-likeness (QED) is 0.0777. The van der Waals surface area contributed by atoms with Crippen molar-refractivity contribution in [3.05, 3.63) is 82.9 Å². The summed E-state index contributed by atoms with van der Waals surface area (Å²) in [7, 11) is 0. The third-order valence-electron chi connectivity index (χ3n) is 9.79. The van der Waals surface area contributed by atoms with Crippen LogP contribution in [-0.4, -0.2) is 122 Å². The molecule has 0 spiro atoms. The van der Waals surface area contributed by atoms with Crippen LogP contribution in [0.3, 0.4) is 0 Å². The fourth-order valence-corrected chi connectivity index (χ4v) is 7.01. The van der Waals surface area contributed by atoms with Crippen LogP contribution in [0, 0.1) is 13.8 Å². The molecule has 1 saturated heterocycles. The van der Waals surface area contributed by atoms with Crippen LogP contribution in [0.5, 0.6) is 0 Å². The van der Waals surface area contributed by atoms with Crippen molar-refractivity contribution in [3.63, 3.8) is 0 Å². The minimum atomic E-state index is -1.52. The molecule has 2 aromatic carbocycles. The van der Waals surface area contributed by atoms with Crippen LogP contribution >= 0.6 is 0 Å². The van der Waals surface area contributed by atoms with Gasteiger partial charge in [0.2, 0.25) is 5.82 Å². The first-order valence-corrected chi connectivity index (χ1v) is 19.3. The lowest BCUT2D eigenvalue weighted by Gasteiger charge is -2.30. The van der Waals surface area contributed by atoms with E-state index < -0.39 is 36.4 Å². The van der Waals surface area contributed by atoms with Gasteiger partial charge in [-0.2, -0.15) is 0 Å². The van der Waals surface area contributed by atoms with E-state index in [0.717, 1.165) is 22.3 Å². The van der Waals surface area contributed by atoms with Gasteiger partial charge in [-0.15, -0.1) is 0 Å². The van der Waals surface area contributed by atoms with Gasteiger partial charge in [-0.1, -0.05) is 59.7 Å². The Kier molecular flexibility index (Phi) is 14.3. The molecule has 1 fully saturated rings. The summed E-state index contributed by atoms with van der Waals surface area (Å²) in [6.07, 6.45) is -4.25. The fraction of sp³-hybridized carbons (Fsp3) is 0.500. The molecular formula is C40H56N10O6. The molecule has 2 aromatic heterocycles. The molecular weight excluding hydrogens is 717 g/mol. The summed E-state index contributed by atoms with van der Waals surface area (Å²) < 4.78 is 7.26. The second-order valence-electron chi connectivity index (χ2n) is 14.7. The number of aromatic nitrogens is 4. The molecule has 0 unspecified atom stereocenters. The van der Waals surface area contributed by atoms with Gasteiger partial charge in [0.25, 0.3) is 11.8 Å². The van der Waals surface area contributed by atoms with E-state index in [1.54, 1.807) is 6.92 Å². The van der Waals surface area contributed by atoms with Crippen LogP contribution in [0.25, 0.3) is 11.2 Å². The highest BCUT2D eigenvalue weighted by molar-refractivity contribution is 5.94. The Balaban J connectivity index is 1.38. The summed E-state index contributed by atoms with van der Waals surface area (Å²) in [5, 5.41) is 36.2. The molecule has 16 nitrogen and oxygen atoms in total. The molecule has 7 N–H and O–H groups in total. The van der Waals surface area contributed by atoms with Crippen LogP contribution in [0.1, 0.15) is 79.6 Å². The predicted octanol–water partition coefficient (Wildman–Crippen LogP) is 2.59. The van der Waals surface area contributed by atoms with Gasteiger partial charge in [-0.25, -0.2) is 19.7 Å². The molecule has 16 heteroatoms. The Morgan fingerprint density at radius 2 is 1.48 bits per heavy atom. The minimum absolute atomic E-state index is 0.0907. The summed E-state index contributed by atoms with van der Waals surface area (Å²) in [4.78, 5) is 54.7. The molecule has 1 aliphatic rings. The van der Waals surface area contributed by atoms with Crippen LogP contribution in [0.15, 0.2) is 54.9 Å². The van der Waals surface area contributed by atoms with Gasteiger partial charge in [0.15, 0.2) is 29.3 Å². The van der Waals surface area contributed by atoms with Gasteiger partial charge in [0.05, 0.1) is 6.33 Å². The molecule has 4 aromatic rings. The number of hydrogen-bond donors (Lipinski definition) is 7. The van der Waals surface area contributed by atoms with Gasteiger partial charge < -0.3 is 41.5 Å². The number of aliphatic hydroxyl groups excluding tert-OH is 2. The molecule has 0 aliphatic carbocycles. The number of likely N-dealkylation sites (N-methyl/N-ethyl adjacent to an activating group) is 1. The Labute approximate surface area is 327 Å². The third-order valence-corrected chi connectivity index (χ3v) is 9.79. The number of carbonyl (C=O) groups excluding carboxylic acids is 3. The topological polar surface area (TPSA) is 208 Å². The number of aryl methyl sites for hydroxylation is 2. The van der Waals surface area contributed by atoms with Crippen LogP contribution < -0.4 is 26.6 Å². The van der Waals surface area contributed by atoms with Gasteiger partial charge in [-0.05, 0) is 59.6 Å². The zero-order valence-corrected chi connectivity index (χ0v) is 33.2. The Bertz CT molecular complexity index is 1920. The number of imidazole rings is 1. The normalized spacial score (nSPS) is 18.2. The van der Waals surface area contributed by atoms with E-state index in [1.165, 1.54) is 10.9 Å². The monoisotopic (exact) mass is 772 g/mol. The Hall–Kier alpha value is -5.16. The van der Waals surface area contributed by atoms with Crippen molar-refractivity contribution in [2.75, 3.05) is 44.6 Å². The van der Waals surface area contributed by atoms with Crippen molar-refractivity contribution in [3.8, 4) is 0 Å². The molecule has 56 heavy (non-hydrogen) atoms. The lowest BCUT2D eigenvalue weighted by atomic mass is 9.89. The standard InChI is InChI=1S/C40H56N10O6/c1-8-41-37(53)33-31(51)32(52)39(56-33)50-22-46-30-34(45-21-29(27-13-9-11-25(6)19-27)28-14-10-12-26(7)20-28)47-35(48-36(30)50)38(54)42-15-16-43-40(55)44-17-18-49(23(2)3)24(4)5/h9-14,19-20,22-24,29,31-33,39,51-52H,8,15-18,21H2,1-7H3,(H,41,53)(H,42,54)(H2,43,44,55)(H,45,47,48)/t31-,32+,33-,39+/m0/s1. The first kappa shape index (κ1) is 42.0. The van der Waals surface area contributed by atoms with E-state index >= 15 is 0 Å². The van der Waals surface area contributed by atoms with Gasteiger partial charge in [0.1, 0.15) is 12.2 Å². The fourth-order valence-electron chi connectivity index (χ4n) is 7.01. The number of rotatable bonds is 17. The highest BCUT2D eigenvalue weighted by Gasteiger charge is 2.47. The Morgan fingerprint density at radius 1 is 0.857 bits per heavy atom. The van der Waals surface area contributed by atoms with Gasteiger partial charge in [-0.3, -0.25) is 19.1 Å². The molecule has 0 radical (unpaired) electrons. The Morgan fingerprint density at radius 3 is 2.09 bits per heavy atom. The molecule has 3 heterocycles. The van der Waals surface area contributed by atoms with Crippen molar-refractivity contribution in [2.45, 2.75) is 91.0 Å². The number of amides is 4. The van der Waals surface area contributed by atoms with E-state index in [-0.39, 0.29) is 47.8 Å². The minimum Gasteiger partial charge on any atom is -0.387 e. The number of nitrogens with one attached hydrogen (secondary N) is 5. The number of carbonyl (C=O) groups is 3. The first-order valence-electron chi connectivity index (χ1n) is 19.3. The summed E-state index contributed by atoms with van der Waals surface area (Å²) >= 11 is 0. The lowest BCUT2D eigenvalue weighted by Crippen LogP contribution is -2.45. The maximum absolute atomic E-state index is 13.6. The van der Waals surface area contributed by atoms with E-state index in [2.05, 4.69) is 98.4 Å². The first-order chi connectivity index (χ1) is 26.8. The average molecular weight is 773 g/mol. The second-order valence-corrected chi connectivity index (χ2v) is 14.7. The van der Waals surface area contributed by atoms with E-state index in [4.69, 9.17) is 4.74 Å². The van der Waals surface area contributed by atoms with Gasteiger partial charge >= 0.3 is 6.03 Å². The van der Waals surface area contributed by atoms with Crippen molar-refractivity contribution in [1.29, 1.82) is 0 Å². The number of anilines is 1. The van der Waals surface area contributed by atoms with Crippen molar-refractivity contribution >= 4 is 34.8 Å². The number of hydrogen-bond acceptors (Lipinski definition) is 11. The van der Waals surface area contributed by atoms with Crippen LogP contribution in [0.2, 0.25) is 0 Å². The second kappa shape index (κ2) is 19.1. The highest BCUT2D eigenvalue weighted by Crippen LogP contribution is 2.33. The number of aliphatic hydroxyl groups is 2. The number of fused-ring (bicyclic) bond motifs is 1. The van der Waals surface area contributed by atoms with E-state index in [9.17, 15) is 24.6 Å². The van der Waals surface area contributed by atoms with Crippen molar-refractivity contribution in [1.82, 2.24) is 45.7 Å². The molecule has 302 valence electrons. The molecule has 4 amide bonds. The maximum Gasteiger partial charge on any atom is 0.314 e.